The van der Waals surface area contributed by atoms with Crippen molar-refractivity contribution in [2.75, 3.05) is 14.7 Å². The number of furan rings is 1. The lowest BCUT2D eigenvalue weighted by Crippen LogP contribution is -2.60. The summed E-state index contributed by atoms with van der Waals surface area (Å²) in [7, 11) is 0. The smallest absolute Gasteiger partial charge is 0.309 e. The Labute approximate surface area is 505 Å². The van der Waals surface area contributed by atoms with Crippen LogP contribution >= 0.6 is 11.3 Å². The summed E-state index contributed by atoms with van der Waals surface area (Å²) < 4.78 is 10.7. The molecule has 3 aliphatic heterocycles. The van der Waals surface area contributed by atoms with Crippen LogP contribution in [0.25, 0.3) is 32.2 Å². The van der Waals surface area contributed by atoms with Gasteiger partial charge in [-0.3, -0.25) is 0 Å². The molecule has 0 N–H and O–H groups in total. The average Bonchev–Trinajstić information content (AvgIpc) is 1.43. The van der Waals surface area contributed by atoms with Crippen molar-refractivity contribution >= 4 is 101 Å². The Morgan fingerprint density at radius 2 is 1.02 bits per heavy atom. The van der Waals surface area contributed by atoms with Crippen LogP contribution in [-0.4, -0.2) is 12.3 Å². The van der Waals surface area contributed by atoms with Crippen LogP contribution < -0.4 is 30.6 Å². The lowest BCUT2D eigenvalue weighted by atomic mass is 9.38. The van der Waals surface area contributed by atoms with Crippen molar-refractivity contribution in [2.45, 2.75) is 206 Å². The lowest BCUT2D eigenvalue weighted by molar-refractivity contribution is 0.195. The Morgan fingerprint density at radius 1 is 0.464 bits per heavy atom. The molecule has 1 saturated carbocycles. The first-order valence-corrected chi connectivity index (χ1v) is 32.6. The number of fused-ring (bicyclic) bond motifs is 13. The van der Waals surface area contributed by atoms with E-state index in [0.29, 0.717) is 0 Å². The monoisotopic (exact) mass is 1120 g/mol. The predicted octanol–water partition coefficient (Wildman–Crippen LogP) is 20.4. The molecular formula is C78H86BN3OS. The molecule has 5 heterocycles. The molecule has 2 atom stereocenters. The molecule has 2 aromatic heterocycles. The number of anilines is 8. The van der Waals surface area contributed by atoms with Crippen LogP contribution in [0.3, 0.4) is 0 Å². The Morgan fingerprint density at radius 3 is 1.67 bits per heavy atom. The van der Waals surface area contributed by atoms with Crippen molar-refractivity contribution in [1.82, 2.24) is 0 Å². The summed E-state index contributed by atoms with van der Waals surface area (Å²) in [6, 6.07) is 53.4. The van der Waals surface area contributed by atoms with Gasteiger partial charge < -0.3 is 19.1 Å². The van der Waals surface area contributed by atoms with E-state index in [1.165, 1.54) is 147 Å². The minimum absolute atomic E-state index is 0.00324. The number of nitrogens with zero attached hydrogens (tertiary/aromatic N) is 3. The van der Waals surface area contributed by atoms with Gasteiger partial charge in [0.25, 0.3) is 0 Å². The largest absolute Gasteiger partial charge is 0.468 e. The molecule has 2 unspecified atom stereocenters. The summed E-state index contributed by atoms with van der Waals surface area (Å²) in [6.45, 7) is 38.9. The van der Waals surface area contributed by atoms with Gasteiger partial charge in [-0.05, 0) is 195 Å². The van der Waals surface area contributed by atoms with Crippen molar-refractivity contribution in [3.63, 3.8) is 0 Å². The van der Waals surface area contributed by atoms with Gasteiger partial charge in [-0.2, -0.15) is 0 Å². The number of hydrogen-bond acceptors (Lipinski definition) is 5. The van der Waals surface area contributed by atoms with Gasteiger partial charge in [0.15, 0.2) is 0 Å². The minimum atomic E-state index is -0.188. The normalized spacial score (nSPS) is 22.3. The van der Waals surface area contributed by atoms with E-state index >= 15 is 0 Å². The molecule has 428 valence electrons. The zero-order chi connectivity index (χ0) is 58.8. The minimum Gasteiger partial charge on any atom is -0.468 e. The highest BCUT2D eigenvalue weighted by atomic mass is 32.1. The van der Waals surface area contributed by atoms with Gasteiger partial charge in [0, 0.05) is 59.7 Å². The van der Waals surface area contributed by atoms with Crippen LogP contribution in [0.1, 0.15) is 201 Å². The van der Waals surface area contributed by atoms with E-state index in [0.717, 1.165) is 36.9 Å². The third-order valence-electron chi connectivity index (χ3n) is 22.6. The molecule has 4 nitrogen and oxygen atoms in total. The molecule has 7 aromatic carbocycles. The fraction of sp³-hybridized carbons (Fsp3) is 0.410. The van der Waals surface area contributed by atoms with Gasteiger partial charge in [-0.15, -0.1) is 11.3 Å². The van der Waals surface area contributed by atoms with Gasteiger partial charge in [0.2, 0.25) is 0 Å². The summed E-state index contributed by atoms with van der Waals surface area (Å²) in [4.78, 5) is 8.28. The van der Waals surface area contributed by atoms with E-state index in [9.17, 15) is 0 Å². The summed E-state index contributed by atoms with van der Waals surface area (Å²) in [5, 5.41) is 2.55. The van der Waals surface area contributed by atoms with Crippen LogP contribution in [-0.2, 0) is 37.9 Å². The van der Waals surface area contributed by atoms with Gasteiger partial charge in [-0.25, -0.2) is 0 Å². The van der Waals surface area contributed by atoms with Crippen molar-refractivity contribution in [3.05, 3.63) is 172 Å². The second-order valence-corrected chi connectivity index (χ2v) is 32.8. The highest BCUT2D eigenvalue weighted by Gasteiger charge is 2.59. The molecule has 9 aromatic rings. The maximum Gasteiger partial charge on any atom is 0.309 e. The van der Waals surface area contributed by atoms with Crippen molar-refractivity contribution < 1.29 is 4.42 Å². The molecule has 0 radical (unpaired) electrons. The zero-order valence-electron chi connectivity index (χ0n) is 53.1. The SMILES string of the molecule is CC(C)(C)c1ccc(N2c3cc(N4c5ccccc5C5(C)CCCCC45C)cc4c3B(c3oc5cc6c(cc5c3N4c3ccc(C(C)(C)C)cc3-c3ccccc3)C(C)(C)CCC6(C)C)c3sc4cc5c(cc4c32)C(C)(C)CCC5(C)C)cc1. The molecule has 0 bridgehead atoms. The van der Waals surface area contributed by atoms with Crippen LogP contribution in [0.2, 0.25) is 0 Å². The summed E-state index contributed by atoms with van der Waals surface area (Å²) in [5.74, 6) is 0. The van der Waals surface area contributed by atoms with Gasteiger partial charge in [0.05, 0.1) is 22.6 Å². The molecule has 0 saturated heterocycles. The second-order valence-electron chi connectivity index (χ2n) is 31.8. The number of thiophene rings is 1. The second kappa shape index (κ2) is 17.6. The first-order valence-electron chi connectivity index (χ1n) is 31.8. The molecule has 6 heteroatoms. The molecule has 0 spiro atoms. The van der Waals surface area contributed by atoms with Gasteiger partial charge in [0.1, 0.15) is 11.2 Å². The standard InChI is InChI=1S/C78H86BN3OS/c1-71(2,3)48-28-31-50(32-29-48)80-62-41-51(82-61-27-21-20-26-55(61)77(15)34-22-23-35-78(77,82)16)42-63-66(62)79(70-68(80)54-44-57-59(46-65(54)84-70)76(13,14)39-37-74(57,9)10)69-67(53-43-56-58(45-64(53)83-69)75(11,12)38-36-73(56,7)8)81(63)60-33-30-49(72(4,5)6)40-52(60)47-24-18-17-19-25-47/h17-21,24-33,40-46H,22-23,34-39H2,1-16H3. The molecule has 3 aliphatic carbocycles. The number of para-hydroxylation sites is 1. The fourth-order valence-electron chi connectivity index (χ4n) is 17.0. The molecule has 84 heavy (non-hydrogen) atoms. The van der Waals surface area contributed by atoms with E-state index in [4.69, 9.17) is 4.42 Å². The Hall–Kier alpha value is -6.50. The predicted molar refractivity (Wildman–Crippen MR) is 362 cm³/mol. The quantitative estimate of drug-likeness (QED) is 0.164. The average molecular weight is 1120 g/mol. The lowest BCUT2D eigenvalue weighted by Gasteiger charge is -2.51. The summed E-state index contributed by atoms with van der Waals surface area (Å²) >= 11 is 2.02. The van der Waals surface area contributed by atoms with Crippen LogP contribution in [0, 0.1) is 0 Å². The maximum atomic E-state index is 7.97. The first-order chi connectivity index (χ1) is 39.6. The molecule has 6 aliphatic rings. The molecule has 15 rings (SSSR count). The van der Waals surface area contributed by atoms with Crippen molar-refractivity contribution in [3.8, 4) is 11.1 Å². The molecule has 0 amide bonds. The van der Waals surface area contributed by atoms with E-state index < -0.39 is 0 Å². The van der Waals surface area contributed by atoms with Crippen molar-refractivity contribution in [1.29, 1.82) is 0 Å². The van der Waals surface area contributed by atoms with E-state index in [1.54, 1.807) is 0 Å². The topological polar surface area (TPSA) is 22.9 Å². The maximum absolute atomic E-state index is 7.97. The number of hydrogen-bond donors (Lipinski definition) is 0. The Bertz CT molecular complexity index is 4230. The van der Waals surface area contributed by atoms with Gasteiger partial charge >= 0.3 is 6.71 Å². The van der Waals surface area contributed by atoms with E-state index in [-0.39, 0.29) is 50.2 Å². The Balaban J connectivity index is 1.13. The number of rotatable bonds is 4. The highest BCUT2D eigenvalue weighted by molar-refractivity contribution is 7.33. The molecular weight excluding hydrogens is 1040 g/mol. The fourth-order valence-corrected chi connectivity index (χ4v) is 18.3. The first kappa shape index (κ1) is 54.2. The van der Waals surface area contributed by atoms with Gasteiger partial charge in [-0.1, -0.05) is 183 Å². The Kier molecular flexibility index (Phi) is 11.3. The van der Waals surface area contributed by atoms with Crippen LogP contribution in [0.4, 0.5) is 45.5 Å². The molecule has 1 fully saturated rings. The summed E-state index contributed by atoms with van der Waals surface area (Å²) in [5.41, 5.74) is 25.5. The number of benzene rings is 7. The van der Waals surface area contributed by atoms with Crippen LogP contribution in [0.5, 0.6) is 0 Å². The third-order valence-corrected chi connectivity index (χ3v) is 23.8. The van der Waals surface area contributed by atoms with E-state index in [2.05, 4.69) is 259 Å². The zero-order valence-corrected chi connectivity index (χ0v) is 53.9. The van der Waals surface area contributed by atoms with Crippen molar-refractivity contribution in [2.24, 2.45) is 0 Å². The van der Waals surface area contributed by atoms with Crippen LogP contribution in [0.15, 0.2) is 138 Å². The summed E-state index contributed by atoms with van der Waals surface area (Å²) in [6.07, 6.45) is 9.34. The highest BCUT2D eigenvalue weighted by Crippen LogP contribution is 2.63. The third kappa shape index (κ3) is 7.56. The van der Waals surface area contributed by atoms with E-state index in [1.807, 2.05) is 11.3 Å².